The highest BCUT2D eigenvalue weighted by Crippen LogP contribution is 2.31. The van der Waals surface area contributed by atoms with E-state index in [1.54, 1.807) is 0 Å². The number of methoxy groups -OCH3 is 1. The Morgan fingerprint density at radius 2 is 1.77 bits per heavy atom. The summed E-state index contributed by atoms with van der Waals surface area (Å²) >= 11 is 0. The molecule has 0 aliphatic heterocycles. The molecule has 1 atom stereocenters. The number of hydrogen-bond donors (Lipinski definition) is 1. The number of alkyl halides is 2. The van der Waals surface area contributed by atoms with E-state index in [2.05, 4.69) is 4.74 Å². The Hall–Kier alpha value is -0.710. The Kier molecular flexibility index (Phi) is 3.38. The van der Waals surface area contributed by atoms with Gasteiger partial charge in [-0.15, -0.1) is 0 Å². The van der Waals surface area contributed by atoms with Crippen LogP contribution in [0, 0.1) is 5.41 Å². The third kappa shape index (κ3) is 2.62. The standard InChI is InChI=1S/C8H15F2NO2/c1-7(2,3)5(11)8(9,10)6(12)13-4/h5H,11H2,1-4H3. The van der Waals surface area contributed by atoms with Gasteiger partial charge in [0.05, 0.1) is 13.2 Å². The third-order valence-electron chi connectivity index (χ3n) is 1.78. The zero-order valence-corrected chi connectivity index (χ0v) is 8.23. The van der Waals surface area contributed by atoms with Crippen molar-refractivity contribution in [2.45, 2.75) is 32.7 Å². The van der Waals surface area contributed by atoms with Crippen molar-refractivity contribution >= 4 is 5.97 Å². The van der Waals surface area contributed by atoms with E-state index in [0.29, 0.717) is 0 Å². The number of ether oxygens (including phenoxy) is 1. The van der Waals surface area contributed by atoms with Gasteiger partial charge in [-0.3, -0.25) is 0 Å². The van der Waals surface area contributed by atoms with Gasteiger partial charge in [0.1, 0.15) is 0 Å². The normalized spacial score (nSPS) is 15.3. The predicted octanol–water partition coefficient (Wildman–Crippen LogP) is 1.17. The minimum absolute atomic E-state index is 0.850. The number of hydrogen-bond acceptors (Lipinski definition) is 3. The van der Waals surface area contributed by atoms with Crippen molar-refractivity contribution in [3.63, 3.8) is 0 Å². The summed E-state index contributed by atoms with van der Waals surface area (Å²) in [6.07, 6.45) is 0. The lowest BCUT2D eigenvalue weighted by Gasteiger charge is -2.31. The summed E-state index contributed by atoms with van der Waals surface area (Å²) in [5, 5.41) is 0. The van der Waals surface area contributed by atoms with Crippen LogP contribution in [0.4, 0.5) is 8.78 Å². The van der Waals surface area contributed by atoms with Gasteiger partial charge in [0.2, 0.25) is 0 Å². The first-order valence-corrected chi connectivity index (χ1v) is 3.86. The highest BCUT2D eigenvalue weighted by molar-refractivity contribution is 5.78. The van der Waals surface area contributed by atoms with Crippen molar-refractivity contribution in [3.05, 3.63) is 0 Å². The molecule has 0 aliphatic carbocycles. The fourth-order valence-electron chi connectivity index (χ4n) is 0.807. The average molecular weight is 195 g/mol. The molecular weight excluding hydrogens is 180 g/mol. The topological polar surface area (TPSA) is 52.3 Å². The van der Waals surface area contributed by atoms with Crippen LogP contribution in [0.15, 0.2) is 0 Å². The van der Waals surface area contributed by atoms with Crippen LogP contribution >= 0.6 is 0 Å². The molecule has 0 bridgehead atoms. The summed E-state index contributed by atoms with van der Waals surface area (Å²) in [7, 11) is 0.908. The van der Waals surface area contributed by atoms with Crippen molar-refractivity contribution in [1.82, 2.24) is 0 Å². The molecule has 13 heavy (non-hydrogen) atoms. The fraction of sp³-hybridized carbons (Fsp3) is 0.875. The van der Waals surface area contributed by atoms with Crippen molar-refractivity contribution in [2.24, 2.45) is 11.1 Å². The number of rotatable bonds is 2. The zero-order chi connectivity index (χ0) is 10.9. The van der Waals surface area contributed by atoms with E-state index in [1.807, 2.05) is 0 Å². The van der Waals surface area contributed by atoms with Gasteiger partial charge in [-0.2, -0.15) is 8.78 Å². The lowest BCUT2D eigenvalue weighted by Crippen LogP contribution is -2.54. The molecule has 0 aromatic heterocycles. The second-order valence-electron chi connectivity index (χ2n) is 3.96. The largest absolute Gasteiger partial charge is 0.465 e. The third-order valence-corrected chi connectivity index (χ3v) is 1.78. The Morgan fingerprint density at radius 1 is 1.38 bits per heavy atom. The lowest BCUT2D eigenvalue weighted by atomic mass is 9.83. The van der Waals surface area contributed by atoms with Crippen LogP contribution in [0.25, 0.3) is 0 Å². The first-order chi connectivity index (χ1) is 5.64. The molecule has 0 rings (SSSR count). The highest BCUT2D eigenvalue weighted by Gasteiger charge is 2.51. The molecule has 0 aromatic carbocycles. The number of nitrogens with two attached hydrogens (primary N) is 1. The zero-order valence-electron chi connectivity index (χ0n) is 8.23. The molecule has 0 heterocycles. The van der Waals surface area contributed by atoms with E-state index in [4.69, 9.17) is 5.73 Å². The summed E-state index contributed by atoms with van der Waals surface area (Å²) in [5.41, 5.74) is 4.40. The molecule has 2 N–H and O–H groups in total. The van der Waals surface area contributed by atoms with E-state index >= 15 is 0 Å². The van der Waals surface area contributed by atoms with E-state index in [1.165, 1.54) is 20.8 Å². The Morgan fingerprint density at radius 3 is 2.00 bits per heavy atom. The Bertz CT molecular complexity index is 199. The van der Waals surface area contributed by atoms with Crippen LogP contribution in [0.3, 0.4) is 0 Å². The van der Waals surface area contributed by atoms with Gasteiger partial charge in [-0.1, -0.05) is 20.8 Å². The maximum Gasteiger partial charge on any atom is 0.378 e. The molecule has 0 aliphatic rings. The number of carbonyl (C=O) groups excluding carboxylic acids is 1. The second-order valence-corrected chi connectivity index (χ2v) is 3.96. The number of esters is 1. The van der Waals surface area contributed by atoms with E-state index in [9.17, 15) is 13.6 Å². The second kappa shape index (κ2) is 3.57. The van der Waals surface area contributed by atoms with Crippen molar-refractivity contribution in [1.29, 1.82) is 0 Å². The average Bonchev–Trinajstić information content (AvgIpc) is 1.99. The summed E-state index contributed by atoms with van der Waals surface area (Å²) < 4.78 is 30.2. The van der Waals surface area contributed by atoms with Crippen LogP contribution in [-0.2, 0) is 9.53 Å². The first kappa shape index (κ1) is 12.3. The molecule has 0 saturated carbocycles. The fourth-order valence-corrected chi connectivity index (χ4v) is 0.807. The maximum atomic E-state index is 13.1. The van der Waals surface area contributed by atoms with Gasteiger partial charge >= 0.3 is 11.9 Å². The molecular formula is C8H15F2NO2. The monoisotopic (exact) mass is 195 g/mol. The summed E-state index contributed by atoms with van der Waals surface area (Å²) in [6, 6.07) is -1.55. The van der Waals surface area contributed by atoms with Crippen LogP contribution in [0.1, 0.15) is 20.8 Å². The Labute approximate surface area is 76.2 Å². The van der Waals surface area contributed by atoms with Gasteiger partial charge in [0.25, 0.3) is 0 Å². The molecule has 0 aromatic rings. The van der Waals surface area contributed by atoms with E-state index in [-0.39, 0.29) is 0 Å². The Balaban J connectivity index is 4.74. The summed E-state index contributed by atoms with van der Waals surface area (Å²) in [5.74, 6) is -5.22. The van der Waals surface area contributed by atoms with Crippen LogP contribution < -0.4 is 5.73 Å². The minimum Gasteiger partial charge on any atom is -0.465 e. The summed E-state index contributed by atoms with van der Waals surface area (Å²) in [4.78, 5) is 10.7. The summed E-state index contributed by atoms with van der Waals surface area (Å²) in [6.45, 7) is 4.61. The van der Waals surface area contributed by atoms with Crippen LogP contribution in [0.2, 0.25) is 0 Å². The molecule has 3 nitrogen and oxygen atoms in total. The molecule has 0 spiro atoms. The molecule has 0 amide bonds. The van der Waals surface area contributed by atoms with E-state index < -0.39 is 23.3 Å². The number of halogens is 2. The quantitative estimate of drug-likeness (QED) is 0.673. The highest BCUT2D eigenvalue weighted by atomic mass is 19.3. The van der Waals surface area contributed by atoms with Crippen molar-refractivity contribution in [2.75, 3.05) is 7.11 Å². The predicted molar refractivity (Wildman–Crippen MR) is 44.4 cm³/mol. The maximum absolute atomic E-state index is 13.1. The van der Waals surface area contributed by atoms with Crippen LogP contribution in [-0.4, -0.2) is 25.0 Å². The van der Waals surface area contributed by atoms with Gasteiger partial charge in [0.15, 0.2) is 0 Å². The van der Waals surface area contributed by atoms with Gasteiger partial charge in [-0.05, 0) is 5.41 Å². The lowest BCUT2D eigenvalue weighted by molar-refractivity contribution is -0.175. The molecule has 0 fully saturated rings. The number of carbonyl (C=O) groups is 1. The minimum atomic E-state index is -3.63. The van der Waals surface area contributed by atoms with Gasteiger partial charge in [-0.25, -0.2) is 4.79 Å². The van der Waals surface area contributed by atoms with Crippen LogP contribution in [0.5, 0.6) is 0 Å². The van der Waals surface area contributed by atoms with Crippen molar-refractivity contribution < 1.29 is 18.3 Å². The smallest absolute Gasteiger partial charge is 0.378 e. The first-order valence-electron chi connectivity index (χ1n) is 3.86. The van der Waals surface area contributed by atoms with Gasteiger partial charge < -0.3 is 10.5 Å². The molecule has 5 heteroatoms. The van der Waals surface area contributed by atoms with Gasteiger partial charge in [0, 0.05) is 0 Å². The molecule has 78 valence electrons. The van der Waals surface area contributed by atoms with E-state index in [0.717, 1.165) is 7.11 Å². The van der Waals surface area contributed by atoms with Crippen molar-refractivity contribution in [3.8, 4) is 0 Å². The molecule has 0 radical (unpaired) electrons. The molecule has 1 unspecified atom stereocenters. The SMILES string of the molecule is COC(=O)C(F)(F)C(N)C(C)(C)C. The molecule has 0 saturated heterocycles.